The number of anilines is 2. The maximum Gasteiger partial charge on any atom is 0.227 e. The molecule has 8 heteroatoms. The van der Waals surface area contributed by atoms with E-state index in [1.165, 1.54) is 14.2 Å². The molecule has 1 aromatic heterocycles. The Labute approximate surface area is 132 Å². The molecular weight excluding hydrogens is 312 g/mol. The number of nitrogens with two attached hydrogens (primary N) is 1. The zero-order valence-corrected chi connectivity index (χ0v) is 13.0. The van der Waals surface area contributed by atoms with Crippen LogP contribution in [0.1, 0.15) is 5.69 Å². The fourth-order valence-corrected chi connectivity index (χ4v) is 1.98. The van der Waals surface area contributed by atoms with Crippen LogP contribution in [0.5, 0.6) is 11.5 Å². The number of ether oxygens (including phenoxy) is 2. The van der Waals surface area contributed by atoms with Gasteiger partial charge in [0.1, 0.15) is 22.2 Å². The van der Waals surface area contributed by atoms with Gasteiger partial charge >= 0.3 is 0 Å². The normalized spacial score (nSPS) is 10.0. The number of hydrogen-bond acceptors (Lipinski definition) is 6. The summed E-state index contributed by atoms with van der Waals surface area (Å²) in [5.74, 6) is 1.37. The predicted molar refractivity (Wildman–Crippen MR) is 85.8 cm³/mol. The fourth-order valence-electron chi connectivity index (χ4n) is 1.63. The van der Waals surface area contributed by atoms with Crippen LogP contribution in [-0.2, 0) is 0 Å². The van der Waals surface area contributed by atoms with Crippen molar-refractivity contribution in [2.45, 2.75) is 0 Å². The van der Waals surface area contributed by atoms with Crippen LogP contribution >= 0.6 is 23.8 Å². The first-order valence-corrected chi connectivity index (χ1v) is 6.65. The Hall–Kier alpha value is -2.12. The monoisotopic (exact) mass is 324 g/mol. The maximum atomic E-state index is 6.05. The van der Waals surface area contributed by atoms with Gasteiger partial charge in [-0.25, -0.2) is 9.97 Å². The summed E-state index contributed by atoms with van der Waals surface area (Å²) in [6, 6.07) is 4.96. The van der Waals surface area contributed by atoms with Crippen LogP contribution in [0.2, 0.25) is 5.02 Å². The molecule has 1 aromatic carbocycles. The zero-order chi connectivity index (χ0) is 15.4. The van der Waals surface area contributed by atoms with Gasteiger partial charge in [-0.05, 0) is 6.07 Å². The molecule has 0 bridgehead atoms. The van der Waals surface area contributed by atoms with E-state index in [0.29, 0.717) is 33.9 Å². The average molecular weight is 325 g/mol. The Bertz CT molecular complexity index is 681. The topological polar surface area (TPSA) is 82.3 Å². The van der Waals surface area contributed by atoms with Crippen LogP contribution in [0.25, 0.3) is 0 Å². The molecule has 0 spiro atoms. The largest absolute Gasteiger partial charge is 0.495 e. The molecule has 1 heterocycles. The van der Waals surface area contributed by atoms with Crippen LogP contribution < -0.4 is 20.5 Å². The molecule has 2 aromatic rings. The van der Waals surface area contributed by atoms with E-state index in [-0.39, 0.29) is 4.99 Å². The lowest BCUT2D eigenvalue weighted by Gasteiger charge is -2.13. The molecular formula is C13H13ClN4O2S. The lowest BCUT2D eigenvalue weighted by molar-refractivity contribution is 0.405. The molecule has 3 N–H and O–H groups in total. The highest BCUT2D eigenvalue weighted by Gasteiger charge is 2.11. The summed E-state index contributed by atoms with van der Waals surface area (Å²) in [6.07, 6.45) is 1.56. The Morgan fingerprint density at radius 3 is 2.62 bits per heavy atom. The number of aromatic nitrogens is 2. The lowest BCUT2D eigenvalue weighted by atomic mass is 10.2. The van der Waals surface area contributed by atoms with Crippen molar-refractivity contribution in [3.05, 3.63) is 35.1 Å². The first-order chi connectivity index (χ1) is 10.0. The number of rotatable bonds is 5. The molecule has 0 amide bonds. The molecule has 0 radical (unpaired) electrons. The van der Waals surface area contributed by atoms with E-state index in [2.05, 4.69) is 15.3 Å². The van der Waals surface area contributed by atoms with E-state index in [1.807, 2.05) is 0 Å². The molecule has 0 fully saturated rings. The summed E-state index contributed by atoms with van der Waals surface area (Å²) in [6.45, 7) is 0. The highest BCUT2D eigenvalue weighted by atomic mass is 35.5. The van der Waals surface area contributed by atoms with Crippen molar-refractivity contribution in [1.29, 1.82) is 0 Å². The van der Waals surface area contributed by atoms with Crippen LogP contribution in [-0.4, -0.2) is 29.2 Å². The molecule has 0 atom stereocenters. The third kappa shape index (κ3) is 3.50. The van der Waals surface area contributed by atoms with Gasteiger partial charge in [0.05, 0.1) is 24.9 Å². The molecule has 0 aliphatic rings. The highest BCUT2D eigenvalue weighted by Crippen LogP contribution is 2.36. The minimum absolute atomic E-state index is 0.195. The molecule has 0 aliphatic heterocycles. The van der Waals surface area contributed by atoms with Gasteiger partial charge in [-0.15, -0.1) is 0 Å². The SMILES string of the molecule is COc1cc(Nc2nccc(C(N)=S)n2)c(OC)cc1Cl. The molecule has 0 aliphatic carbocycles. The van der Waals surface area contributed by atoms with Gasteiger partial charge < -0.3 is 20.5 Å². The van der Waals surface area contributed by atoms with Crippen molar-refractivity contribution in [2.75, 3.05) is 19.5 Å². The first-order valence-electron chi connectivity index (χ1n) is 5.86. The third-order valence-corrected chi connectivity index (χ3v) is 3.13. The van der Waals surface area contributed by atoms with E-state index in [4.69, 9.17) is 39.0 Å². The molecule has 0 saturated heterocycles. The maximum absolute atomic E-state index is 6.05. The van der Waals surface area contributed by atoms with Crippen LogP contribution in [0.15, 0.2) is 24.4 Å². The highest BCUT2D eigenvalue weighted by molar-refractivity contribution is 7.80. The van der Waals surface area contributed by atoms with Crippen LogP contribution in [0.4, 0.5) is 11.6 Å². The van der Waals surface area contributed by atoms with Crippen molar-refractivity contribution in [3.63, 3.8) is 0 Å². The number of benzene rings is 1. The summed E-state index contributed by atoms with van der Waals surface area (Å²) < 4.78 is 10.4. The van der Waals surface area contributed by atoms with E-state index in [0.717, 1.165) is 0 Å². The van der Waals surface area contributed by atoms with Crippen molar-refractivity contribution in [1.82, 2.24) is 9.97 Å². The second kappa shape index (κ2) is 6.55. The fraction of sp³-hybridized carbons (Fsp3) is 0.154. The Morgan fingerprint density at radius 2 is 2.00 bits per heavy atom. The van der Waals surface area contributed by atoms with Gasteiger partial charge in [0.2, 0.25) is 5.95 Å². The first kappa shape index (κ1) is 15.3. The predicted octanol–water partition coefficient (Wildman–Crippen LogP) is 2.53. The second-order valence-corrected chi connectivity index (χ2v) is 4.79. The van der Waals surface area contributed by atoms with Gasteiger partial charge in [-0.1, -0.05) is 23.8 Å². The molecule has 0 unspecified atom stereocenters. The van der Waals surface area contributed by atoms with Gasteiger partial charge in [0, 0.05) is 18.3 Å². The smallest absolute Gasteiger partial charge is 0.227 e. The van der Waals surface area contributed by atoms with Crippen molar-refractivity contribution in [2.24, 2.45) is 5.73 Å². The standard InChI is InChI=1S/C13H13ClN4O2S/c1-19-10-6-9(11(20-2)5-7(10)14)18-13-16-4-3-8(17-13)12(15)21/h3-6H,1-2H3,(H2,15,21)(H,16,17,18). The van der Waals surface area contributed by atoms with E-state index < -0.39 is 0 Å². The van der Waals surface area contributed by atoms with Crippen molar-refractivity contribution >= 4 is 40.4 Å². The quantitative estimate of drug-likeness (QED) is 0.818. The zero-order valence-electron chi connectivity index (χ0n) is 11.4. The number of nitrogens with one attached hydrogen (secondary N) is 1. The minimum Gasteiger partial charge on any atom is -0.495 e. The third-order valence-electron chi connectivity index (χ3n) is 2.63. The summed E-state index contributed by atoms with van der Waals surface area (Å²) in [7, 11) is 3.07. The summed E-state index contributed by atoms with van der Waals surface area (Å²) >= 11 is 10.9. The Balaban J connectivity index is 2.38. The Morgan fingerprint density at radius 1 is 1.29 bits per heavy atom. The molecule has 21 heavy (non-hydrogen) atoms. The molecule has 0 saturated carbocycles. The van der Waals surface area contributed by atoms with E-state index in [1.54, 1.807) is 24.4 Å². The van der Waals surface area contributed by atoms with Crippen molar-refractivity contribution in [3.8, 4) is 11.5 Å². The van der Waals surface area contributed by atoms with Crippen LogP contribution in [0.3, 0.4) is 0 Å². The van der Waals surface area contributed by atoms with E-state index in [9.17, 15) is 0 Å². The minimum atomic E-state index is 0.195. The number of methoxy groups -OCH3 is 2. The summed E-state index contributed by atoms with van der Waals surface area (Å²) in [5, 5.41) is 3.46. The number of hydrogen-bond donors (Lipinski definition) is 2. The summed E-state index contributed by atoms with van der Waals surface area (Å²) in [5.41, 5.74) is 6.63. The lowest BCUT2D eigenvalue weighted by Crippen LogP contribution is -2.13. The van der Waals surface area contributed by atoms with E-state index >= 15 is 0 Å². The average Bonchev–Trinajstić information content (AvgIpc) is 2.48. The number of nitrogens with zero attached hydrogens (tertiary/aromatic N) is 2. The number of halogens is 1. The van der Waals surface area contributed by atoms with Gasteiger partial charge in [0.25, 0.3) is 0 Å². The van der Waals surface area contributed by atoms with Crippen molar-refractivity contribution < 1.29 is 9.47 Å². The van der Waals surface area contributed by atoms with Gasteiger partial charge in [-0.3, -0.25) is 0 Å². The van der Waals surface area contributed by atoms with Gasteiger partial charge in [-0.2, -0.15) is 0 Å². The molecule has 6 nitrogen and oxygen atoms in total. The molecule has 110 valence electrons. The number of thiocarbonyl (C=S) groups is 1. The Kier molecular flexibility index (Phi) is 4.77. The van der Waals surface area contributed by atoms with Crippen LogP contribution in [0, 0.1) is 0 Å². The second-order valence-electron chi connectivity index (χ2n) is 3.94. The van der Waals surface area contributed by atoms with Gasteiger partial charge in [0.15, 0.2) is 0 Å². The summed E-state index contributed by atoms with van der Waals surface area (Å²) in [4.78, 5) is 8.50. The molecule has 2 rings (SSSR count).